The van der Waals surface area contributed by atoms with Gasteiger partial charge in [-0.25, -0.2) is 0 Å². The van der Waals surface area contributed by atoms with Gasteiger partial charge < -0.3 is 5.73 Å². The van der Waals surface area contributed by atoms with Gasteiger partial charge in [0.2, 0.25) is 0 Å². The lowest BCUT2D eigenvalue weighted by atomic mass is 9.83. The molecule has 0 radical (unpaired) electrons. The van der Waals surface area contributed by atoms with Crippen LogP contribution in [0.15, 0.2) is 24.3 Å². The van der Waals surface area contributed by atoms with Gasteiger partial charge in [0.05, 0.1) is 5.56 Å². The molecule has 2 unspecified atom stereocenters. The van der Waals surface area contributed by atoms with Crippen molar-refractivity contribution in [3.63, 3.8) is 0 Å². The molecule has 1 saturated carbocycles. The van der Waals surface area contributed by atoms with E-state index in [1.807, 2.05) is 0 Å². The zero-order chi connectivity index (χ0) is 14.1. The SMILES string of the molecule is CC1CCCC(N)(c2ccc(C(F)(F)F)cc2)CC1. The number of hydrogen-bond donors (Lipinski definition) is 1. The Labute approximate surface area is 112 Å². The number of alkyl halides is 3. The maximum absolute atomic E-state index is 12.5. The topological polar surface area (TPSA) is 26.0 Å². The predicted molar refractivity (Wildman–Crippen MR) is 69.6 cm³/mol. The smallest absolute Gasteiger partial charge is 0.321 e. The van der Waals surface area contributed by atoms with E-state index >= 15 is 0 Å². The zero-order valence-corrected chi connectivity index (χ0v) is 11.1. The van der Waals surface area contributed by atoms with E-state index in [9.17, 15) is 13.2 Å². The van der Waals surface area contributed by atoms with E-state index in [4.69, 9.17) is 5.73 Å². The number of benzene rings is 1. The molecule has 19 heavy (non-hydrogen) atoms. The molecule has 0 heterocycles. The molecule has 1 fully saturated rings. The summed E-state index contributed by atoms with van der Waals surface area (Å²) in [4.78, 5) is 0. The minimum atomic E-state index is -4.28. The van der Waals surface area contributed by atoms with Crippen molar-refractivity contribution in [2.24, 2.45) is 11.7 Å². The highest BCUT2D eigenvalue weighted by Gasteiger charge is 2.33. The van der Waals surface area contributed by atoms with Crippen LogP contribution in [-0.4, -0.2) is 0 Å². The van der Waals surface area contributed by atoms with Gasteiger partial charge in [-0.05, 0) is 42.9 Å². The molecule has 2 rings (SSSR count). The summed E-state index contributed by atoms with van der Waals surface area (Å²) in [6.07, 6.45) is 0.649. The van der Waals surface area contributed by atoms with Crippen molar-refractivity contribution in [3.05, 3.63) is 35.4 Å². The second-order valence-corrected chi connectivity index (χ2v) is 5.77. The van der Waals surface area contributed by atoms with Gasteiger partial charge in [0, 0.05) is 5.54 Å². The normalized spacial score (nSPS) is 29.0. The predicted octanol–water partition coefficient (Wildman–Crippen LogP) is 4.46. The monoisotopic (exact) mass is 271 g/mol. The van der Waals surface area contributed by atoms with Crippen LogP contribution in [0.5, 0.6) is 0 Å². The van der Waals surface area contributed by atoms with Gasteiger partial charge in [-0.15, -0.1) is 0 Å². The summed E-state index contributed by atoms with van der Waals surface area (Å²) in [5.74, 6) is 0.653. The van der Waals surface area contributed by atoms with Crippen molar-refractivity contribution < 1.29 is 13.2 Å². The van der Waals surface area contributed by atoms with Crippen molar-refractivity contribution >= 4 is 0 Å². The van der Waals surface area contributed by atoms with Crippen LogP contribution in [0.4, 0.5) is 13.2 Å². The summed E-state index contributed by atoms with van der Waals surface area (Å²) in [5, 5.41) is 0. The summed E-state index contributed by atoms with van der Waals surface area (Å²) >= 11 is 0. The molecular formula is C15H20F3N. The average Bonchev–Trinajstić information content (AvgIpc) is 2.52. The van der Waals surface area contributed by atoms with Gasteiger partial charge in [-0.3, -0.25) is 0 Å². The van der Waals surface area contributed by atoms with Crippen LogP contribution >= 0.6 is 0 Å². The van der Waals surface area contributed by atoms with Gasteiger partial charge in [0.15, 0.2) is 0 Å². The maximum atomic E-state index is 12.5. The zero-order valence-electron chi connectivity index (χ0n) is 11.1. The quantitative estimate of drug-likeness (QED) is 0.750. The molecule has 0 aromatic heterocycles. The van der Waals surface area contributed by atoms with Crippen LogP contribution in [0.1, 0.15) is 50.2 Å². The van der Waals surface area contributed by atoms with Crippen LogP contribution in [0.2, 0.25) is 0 Å². The first-order valence-corrected chi connectivity index (χ1v) is 6.78. The Morgan fingerprint density at radius 1 is 1.11 bits per heavy atom. The van der Waals surface area contributed by atoms with E-state index in [0.29, 0.717) is 5.92 Å². The Hall–Kier alpha value is -1.03. The molecular weight excluding hydrogens is 251 g/mol. The fraction of sp³-hybridized carbons (Fsp3) is 0.600. The molecule has 1 aromatic carbocycles. The molecule has 0 aliphatic heterocycles. The molecule has 0 bridgehead atoms. The lowest BCUT2D eigenvalue weighted by Crippen LogP contribution is -2.36. The summed E-state index contributed by atoms with van der Waals surface area (Å²) in [6.45, 7) is 2.21. The Balaban J connectivity index is 2.21. The Kier molecular flexibility index (Phi) is 3.90. The van der Waals surface area contributed by atoms with Gasteiger partial charge in [0.25, 0.3) is 0 Å². The molecule has 2 N–H and O–H groups in total. The van der Waals surface area contributed by atoms with E-state index in [0.717, 1.165) is 49.8 Å². The molecule has 1 aliphatic rings. The molecule has 1 nitrogen and oxygen atoms in total. The highest BCUT2D eigenvalue weighted by Crippen LogP contribution is 2.37. The van der Waals surface area contributed by atoms with Crippen molar-refractivity contribution in [2.45, 2.75) is 50.7 Å². The Morgan fingerprint density at radius 3 is 2.32 bits per heavy atom. The molecule has 0 spiro atoms. The second-order valence-electron chi connectivity index (χ2n) is 5.77. The highest BCUT2D eigenvalue weighted by molar-refractivity contribution is 5.30. The van der Waals surface area contributed by atoms with Crippen molar-refractivity contribution in [1.29, 1.82) is 0 Å². The minimum absolute atomic E-state index is 0.463. The molecule has 2 atom stereocenters. The fourth-order valence-corrected chi connectivity index (χ4v) is 2.82. The molecule has 1 aromatic rings. The third-order valence-corrected chi connectivity index (χ3v) is 4.19. The number of nitrogens with two attached hydrogens (primary N) is 1. The molecule has 1 aliphatic carbocycles. The molecule has 0 saturated heterocycles. The van der Waals surface area contributed by atoms with Crippen LogP contribution in [0.3, 0.4) is 0 Å². The summed E-state index contributed by atoms with van der Waals surface area (Å²) in [6, 6.07) is 5.36. The average molecular weight is 271 g/mol. The first-order chi connectivity index (χ1) is 8.81. The number of rotatable bonds is 1. The number of hydrogen-bond acceptors (Lipinski definition) is 1. The van der Waals surface area contributed by atoms with E-state index in [1.165, 1.54) is 0 Å². The third kappa shape index (κ3) is 3.30. The van der Waals surface area contributed by atoms with Crippen LogP contribution in [0, 0.1) is 5.92 Å². The van der Waals surface area contributed by atoms with E-state index in [-0.39, 0.29) is 0 Å². The van der Waals surface area contributed by atoms with Crippen molar-refractivity contribution in [2.75, 3.05) is 0 Å². The van der Waals surface area contributed by atoms with Gasteiger partial charge in [-0.2, -0.15) is 13.2 Å². The summed E-state index contributed by atoms with van der Waals surface area (Å²) in [5.41, 5.74) is 6.18. The third-order valence-electron chi connectivity index (χ3n) is 4.19. The van der Waals surface area contributed by atoms with Gasteiger partial charge in [-0.1, -0.05) is 31.9 Å². The van der Waals surface area contributed by atoms with Crippen LogP contribution in [-0.2, 0) is 11.7 Å². The standard InChI is InChI=1S/C15H20F3N/c1-11-3-2-9-14(19,10-8-11)12-4-6-13(7-5-12)15(16,17)18/h4-7,11H,2-3,8-10,19H2,1H3. The molecule has 0 amide bonds. The van der Waals surface area contributed by atoms with E-state index in [2.05, 4.69) is 6.92 Å². The first-order valence-electron chi connectivity index (χ1n) is 6.78. The largest absolute Gasteiger partial charge is 0.416 e. The van der Waals surface area contributed by atoms with E-state index in [1.54, 1.807) is 12.1 Å². The first kappa shape index (κ1) is 14.4. The van der Waals surface area contributed by atoms with Gasteiger partial charge >= 0.3 is 6.18 Å². The van der Waals surface area contributed by atoms with Crippen molar-refractivity contribution in [1.82, 2.24) is 0 Å². The van der Waals surface area contributed by atoms with Crippen LogP contribution < -0.4 is 5.73 Å². The van der Waals surface area contributed by atoms with Crippen LogP contribution in [0.25, 0.3) is 0 Å². The molecule has 106 valence electrons. The van der Waals surface area contributed by atoms with Gasteiger partial charge in [0.1, 0.15) is 0 Å². The Bertz CT molecular complexity index is 424. The summed E-state index contributed by atoms with van der Waals surface area (Å²) in [7, 11) is 0. The Morgan fingerprint density at radius 2 is 1.74 bits per heavy atom. The van der Waals surface area contributed by atoms with Crippen molar-refractivity contribution in [3.8, 4) is 0 Å². The number of halogens is 3. The van der Waals surface area contributed by atoms with E-state index < -0.39 is 17.3 Å². The minimum Gasteiger partial charge on any atom is -0.321 e. The molecule has 4 heteroatoms. The lowest BCUT2D eigenvalue weighted by Gasteiger charge is -2.29. The second kappa shape index (κ2) is 5.16. The lowest BCUT2D eigenvalue weighted by molar-refractivity contribution is -0.137. The maximum Gasteiger partial charge on any atom is 0.416 e. The highest BCUT2D eigenvalue weighted by atomic mass is 19.4. The summed E-state index contributed by atoms with van der Waals surface area (Å²) < 4.78 is 37.6. The fourth-order valence-electron chi connectivity index (χ4n) is 2.82.